The molecular formula is C24H34N4O3. The van der Waals surface area contributed by atoms with Crippen molar-refractivity contribution < 1.29 is 14.4 Å². The molecule has 2 bridgehead atoms. The highest BCUT2D eigenvalue weighted by molar-refractivity contribution is 5.96. The van der Waals surface area contributed by atoms with E-state index in [0.717, 1.165) is 57.0 Å². The zero-order chi connectivity index (χ0) is 21.2. The number of aryl methyl sites for hydroxylation is 1. The third kappa shape index (κ3) is 4.44. The average molecular weight is 427 g/mol. The van der Waals surface area contributed by atoms with Gasteiger partial charge >= 0.3 is 0 Å². The van der Waals surface area contributed by atoms with E-state index in [1.54, 1.807) is 0 Å². The molecule has 3 atom stereocenters. The molecule has 0 saturated carbocycles. The van der Waals surface area contributed by atoms with Crippen molar-refractivity contribution >= 4 is 17.5 Å². The van der Waals surface area contributed by atoms with E-state index >= 15 is 0 Å². The Labute approximate surface area is 184 Å². The molecule has 0 aromatic heterocycles. The van der Waals surface area contributed by atoms with E-state index in [9.17, 15) is 4.79 Å². The van der Waals surface area contributed by atoms with Crippen molar-refractivity contribution in [2.75, 3.05) is 44.3 Å². The van der Waals surface area contributed by atoms with Gasteiger partial charge < -0.3 is 14.5 Å². The molecule has 0 N–H and O–H groups in total. The van der Waals surface area contributed by atoms with Gasteiger partial charge in [0, 0.05) is 56.4 Å². The van der Waals surface area contributed by atoms with Gasteiger partial charge in [0.1, 0.15) is 13.2 Å². The number of benzene rings is 1. The van der Waals surface area contributed by atoms with Gasteiger partial charge in [0.05, 0.1) is 6.42 Å². The van der Waals surface area contributed by atoms with Crippen molar-refractivity contribution in [2.45, 2.75) is 63.6 Å². The second kappa shape index (κ2) is 9.17. The van der Waals surface area contributed by atoms with Gasteiger partial charge in [-0.15, -0.1) is 0 Å². The first kappa shape index (κ1) is 20.8. The Morgan fingerprint density at radius 2 is 1.94 bits per heavy atom. The zero-order valence-electron chi connectivity index (χ0n) is 18.5. The first-order valence-corrected chi connectivity index (χ1v) is 11.9. The maximum atomic E-state index is 12.5. The summed E-state index contributed by atoms with van der Waals surface area (Å²) in [5, 5.41) is 3.94. The number of para-hydroxylation sites is 1. The fourth-order valence-corrected chi connectivity index (χ4v) is 5.62. The first-order valence-electron chi connectivity index (χ1n) is 11.9. The van der Waals surface area contributed by atoms with Crippen molar-refractivity contribution in [1.82, 2.24) is 9.80 Å². The number of carbonyl (C=O) groups excluding carboxylic acids is 1. The second-order valence-electron chi connectivity index (χ2n) is 9.33. The van der Waals surface area contributed by atoms with Crippen LogP contribution < -0.4 is 4.90 Å². The van der Waals surface area contributed by atoms with E-state index in [4.69, 9.17) is 9.57 Å². The van der Waals surface area contributed by atoms with Crippen LogP contribution >= 0.6 is 0 Å². The Balaban J connectivity index is 1.12. The molecule has 4 aliphatic rings. The summed E-state index contributed by atoms with van der Waals surface area (Å²) in [5.41, 5.74) is 2.43. The predicted octanol–water partition coefficient (Wildman–Crippen LogP) is 2.64. The van der Waals surface area contributed by atoms with E-state index in [2.05, 4.69) is 40.1 Å². The quantitative estimate of drug-likeness (QED) is 0.671. The molecule has 0 radical (unpaired) electrons. The Morgan fingerprint density at radius 3 is 2.71 bits per heavy atom. The van der Waals surface area contributed by atoms with Crippen molar-refractivity contribution in [3.63, 3.8) is 0 Å². The molecule has 3 unspecified atom stereocenters. The van der Waals surface area contributed by atoms with Crippen molar-refractivity contribution in [1.29, 1.82) is 0 Å². The summed E-state index contributed by atoms with van der Waals surface area (Å²) < 4.78 is 5.84. The Kier molecular flexibility index (Phi) is 6.14. The maximum absolute atomic E-state index is 12.5. The molecular weight excluding hydrogens is 392 g/mol. The predicted molar refractivity (Wildman–Crippen MR) is 120 cm³/mol. The molecule has 2 fully saturated rings. The number of likely N-dealkylation sites (tertiary alicyclic amines) is 1. The van der Waals surface area contributed by atoms with E-state index in [1.165, 1.54) is 18.4 Å². The number of amides is 1. The van der Waals surface area contributed by atoms with Gasteiger partial charge in [0.15, 0.2) is 0 Å². The number of nitrogens with zero attached hydrogens (tertiary/aromatic N) is 4. The van der Waals surface area contributed by atoms with Crippen LogP contribution in [0.4, 0.5) is 5.69 Å². The van der Waals surface area contributed by atoms with Gasteiger partial charge in [-0.25, -0.2) is 0 Å². The molecule has 1 aromatic rings. The highest BCUT2D eigenvalue weighted by Crippen LogP contribution is 2.32. The SMILES string of the molecule is CC(COC1=NOCC1)N1CC2CCC(C1)N2CCCN1C(=O)CCc2ccccc21. The number of carbonyl (C=O) groups is 1. The number of ether oxygens (including phenoxy) is 1. The summed E-state index contributed by atoms with van der Waals surface area (Å²) in [6.07, 6.45) is 5.89. The molecule has 31 heavy (non-hydrogen) atoms. The number of oxime groups is 1. The molecule has 4 aliphatic heterocycles. The average Bonchev–Trinajstić information content (AvgIpc) is 3.38. The molecule has 0 aliphatic carbocycles. The molecule has 2 saturated heterocycles. The van der Waals surface area contributed by atoms with Crippen LogP contribution in [0.5, 0.6) is 0 Å². The lowest BCUT2D eigenvalue weighted by Crippen LogP contribution is -2.57. The van der Waals surface area contributed by atoms with Crippen LogP contribution in [0.1, 0.15) is 44.6 Å². The number of hydrogen-bond donors (Lipinski definition) is 0. The summed E-state index contributed by atoms with van der Waals surface area (Å²) in [6.45, 7) is 7.69. The Morgan fingerprint density at radius 1 is 1.13 bits per heavy atom. The van der Waals surface area contributed by atoms with Gasteiger partial charge in [-0.1, -0.05) is 23.4 Å². The van der Waals surface area contributed by atoms with Gasteiger partial charge in [0.2, 0.25) is 11.8 Å². The Hall–Kier alpha value is -2.12. The number of rotatable bonds is 7. The third-order valence-electron chi connectivity index (χ3n) is 7.34. The van der Waals surface area contributed by atoms with Crippen LogP contribution in [-0.4, -0.2) is 79.1 Å². The molecule has 5 rings (SSSR count). The van der Waals surface area contributed by atoms with Gasteiger partial charge in [0.25, 0.3) is 0 Å². The van der Waals surface area contributed by atoms with Crippen LogP contribution in [0.3, 0.4) is 0 Å². The smallest absolute Gasteiger partial charge is 0.229 e. The number of anilines is 1. The molecule has 1 aromatic carbocycles. The zero-order valence-corrected chi connectivity index (χ0v) is 18.5. The van der Waals surface area contributed by atoms with Crippen molar-refractivity contribution in [3.8, 4) is 0 Å². The third-order valence-corrected chi connectivity index (χ3v) is 7.34. The number of hydrogen-bond acceptors (Lipinski definition) is 6. The number of fused-ring (bicyclic) bond motifs is 3. The number of piperazine rings is 1. The molecule has 4 heterocycles. The normalized spacial score (nSPS) is 27.1. The van der Waals surface area contributed by atoms with Gasteiger partial charge in [-0.3, -0.25) is 14.6 Å². The van der Waals surface area contributed by atoms with E-state index in [0.29, 0.717) is 37.8 Å². The molecule has 168 valence electrons. The molecule has 0 spiro atoms. The standard InChI is InChI=1S/C24H34N4O3/c1-18(17-30-23-11-14-31-25-23)26-15-20-8-9-21(16-26)27(20)12-4-13-28-22-6-3-2-5-19(22)7-10-24(28)29/h2-3,5-6,18,20-21H,4,7-17H2,1H3. The van der Waals surface area contributed by atoms with Crippen LogP contribution in [0, 0.1) is 0 Å². The lowest BCUT2D eigenvalue weighted by Gasteiger charge is -2.43. The van der Waals surface area contributed by atoms with E-state index in [1.807, 2.05) is 11.0 Å². The summed E-state index contributed by atoms with van der Waals surface area (Å²) >= 11 is 0. The summed E-state index contributed by atoms with van der Waals surface area (Å²) in [7, 11) is 0. The van der Waals surface area contributed by atoms with Crippen LogP contribution in [0.15, 0.2) is 29.4 Å². The lowest BCUT2D eigenvalue weighted by molar-refractivity contribution is -0.118. The molecule has 7 heteroatoms. The topological polar surface area (TPSA) is 57.6 Å². The van der Waals surface area contributed by atoms with Gasteiger partial charge in [-0.05, 0) is 44.2 Å². The minimum Gasteiger partial charge on any atom is -0.477 e. The van der Waals surface area contributed by atoms with Crippen LogP contribution in [0.2, 0.25) is 0 Å². The maximum Gasteiger partial charge on any atom is 0.229 e. The van der Waals surface area contributed by atoms with Gasteiger partial charge in [-0.2, -0.15) is 0 Å². The van der Waals surface area contributed by atoms with Crippen molar-refractivity contribution in [3.05, 3.63) is 29.8 Å². The summed E-state index contributed by atoms with van der Waals surface area (Å²) in [4.78, 5) is 24.9. The summed E-state index contributed by atoms with van der Waals surface area (Å²) in [6, 6.07) is 10.0. The molecule has 7 nitrogen and oxygen atoms in total. The lowest BCUT2D eigenvalue weighted by atomic mass is 10.0. The van der Waals surface area contributed by atoms with Crippen molar-refractivity contribution in [2.24, 2.45) is 5.16 Å². The highest BCUT2D eigenvalue weighted by Gasteiger charge is 2.40. The van der Waals surface area contributed by atoms with E-state index in [-0.39, 0.29) is 5.91 Å². The van der Waals surface area contributed by atoms with Crippen LogP contribution in [-0.2, 0) is 20.8 Å². The minimum absolute atomic E-state index is 0.276. The highest BCUT2D eigenvalue weighted by atomic mass is 16.7. The first-order chi connectivity index (χ1) is 15.2. The monoisotopic (exact) mass is 426 g/mol. The van der Waals surface area contributed by atoms with E-state index < -0.39 is 0 Å². The minimum atomic E-state index is 0.276. The summed E-state index contributed by atoms with van der Waals surface area (Å²) in [5.74, 6) is 1.01. The largest absolute Gasteiger partial charge is 0.477 e. The fraction of sp³-hybridized carbons (Fsp3) is 0.667. The van der Waals surface area contributed by atoms with Crippen LogP contribution in [0.25, 0.3) is 0 Å². The Bertz CT molecular complexity index is 815. The molecule has 1 amide bonds. The fourth-order valence-electron chi connectivity index (χ4n) is 5.62. The second-order valence-corrected chi connectivity index (χ2v) is 9.33.